The Morgan fingerprint density at radius 2 is 1.66 bits per heavy atom. The Kier molecular flexibility index (Phi) is 7.01. The molecular weight excluding hydrogens is 448 g/mol. The van der Waals surface area contributed by atoms with Gasteiger partial charge in [-0.2, -0.15) is 0 Å². The molecule has 0 saturated carbocycles. The van der Waals surface area contributed by atoms with Gasteiger partial charge >= 0.3 is 0 Å². The molecule has 1 unspecified atom stereocenters. The average Bonchev–Trinajstić information content (AvgIpc) is 3.14. The van der Waals surface area contributed by atoms with E-state index < -0.39 is 17.7 Å². The third kappa shape index (κ3) is 4.68. The molecule has 1 aromatic heterocycles. The number of Topliss-reactive ketones (excluding diaryl/α,β-unsaturated/α-hetero) is 1. The normalized spacial score (nSPS) is 16.9. The molecule has 0 spiro atoms. The molecule has 0 aliphatic carbocycles. The summed E-state index contributed by atoms with van der Waals surface area (Å²) in [5.74, 6) is -0.207. The van der Waals surface area contributed by atoms with E-state index in [4.69, 9.17) is 14.2 Å². The maximum absolute atomic E-state index is 13.2. The summed E-state index contributed by atoms with van der Waals surface area (Å²) < 4.78 is 16.2. The Labute approximate surface area is 203 Å². The van der Waals surface area contributed by atoms with Gasteiger partial charge in [0.2, 0.25) is 0 Å². The van der Waals surface area contributed by atoms with Gasteiger partial charge in [0.05, 0.1) is 32.4 Å². The van der Waals surface area contributed by atoms with Crippen molar-refractivity contribution in [2.24, 2.45) is 0 Å². The highest BCUT2D eigenvalue weighted by molar-refractivity contribution is 6.46. The average molecular weight is 475 g/mol. The van der Waals surface area contributed by atoms with Gasteiger partial charge in [0, 0.05) is 24.5 Å². The van der Waals surface area contributed by atoms with Gasteiger partial charge in [-0.3, -0.25) is 14.6 Å². The molecule has 8 heteroatoms. The molecule has 1 fully saturated rings. The number of carbonyl (C=O) groups excluding carboxylic acids is 2. The van der Waals surface area contributed by atoms with Crippen LogP contribution in [0.4, 0.5) is 0 Å². The number of benzene rings is 2. The smallest absolute Gasteiger partial charge is 0.295 e. The zero-order valence-corrected chi connectivity index (χ0v) is 19.7. The molecule has 35 heavy (non-hydrogen) atoms. The Morgan fingerprint density at radius 3 is 2.29 bits per heavy atom. The molecule has 180 valence electrons. The van der Waals surface area contributed by atoms with Crippen molar-refractivity contribution in [3.05, 3.63) is 89.3 Å². The van der Waals surface area contributed by atoms with Crippen LogP contribution in [0.2, 0.25) is 0 Å². The second kappa shape index (κ2) is 10.3. The molecule has 4 rings (SSSR count). The van der Waals surface area contributed by atoms with E-state index in [2.05, 4.69) is 4.98 Å². The lowest BCUT2D eigenvalue weighted by Gasteiger charge is -2.25. The predicted molar refractivity (Wildman–Crippen MR) is 129 cm³/mol. The van der Waals surface area contributed by atoms with Crippen LogP contribution >= 0.6 is 0 Å². The minimum atomic E-state index is -0.799. The van der Waals surface area contributed by atoms with E-state index in [1.807, 2.05) is 6.92 Å². The van der Waals surface area contributed by atoms with Gasteiger partial charge in [-0.15, -0.1) is 0 Å². The topological polar surface area (TPSA) is 98.2 Å². The maximum atomic E-state index is 13.2. The molecule has 1 saturated heterocycles. The number of hydrogen-bond donors (Lipinski definition) is 1. The molecular formula is C27H26N2O6. The summed E-state index contributed by atoms with van der Waals surface area (Å²) in [6, 6.07) is 14.7. The third-order valence-electron chi connectivity index (χ3n) is 5.81. The fraction of sp³-hybridized carbons (Fsp3) is 0.222. The third-order valence-corrected chi connectivity index (χ3v) is 5.81. The zero-order chi connectivity index (χ0) is 24.9. The summed E-state index contributed by atoms with van der Waals surface area (Å²) in [6.45, 7) is 2.58. The summed E-state index contributed by atoms with van der Waals surface area (Å²) in [4.78, 5) is 31.9. The summed E-state index contributed by atoms with van der Waals surface area (Å²) in [7, 11) is 2.99. The number of aliphatic hydroxyl groups excluding tert-OH is 1. The maximum Gasteiger partial charge on any atom is 0.295 e. The molecule has 0 bridgehead atoms. The number of rotatable bonds is 8. The van der Waals surface area contributed by atoms with Crippen molar-refractivity contribution in [2.75, 3.05) is 20.8 Å². The van der Waals surface area contributed by atoms with Gasteiger partial charge in [-0.1, -0.05) is 12.1 Å². The van der Waals surface area contributed by atoms with E-state index in [1.165, 1.54) is 19.1 Å². The number of aromatic nitrogens is 1. The number of pyridine rings is 1. The highest BCUT2D eigenvalue weighted by Gasteiger charge is 2.46. The van der Waals surface area contributed by atoms with Crippen molar-refractivity contribution in [3.63, 3.8) is 0 Å². The van der Waals surface area contributed by atoms with Crippen molar-refractivity contribution in [2.45, 2.75) is 19.5 Å². The van der Waals surface area contributed by atoms with Crippen LogP contribution in [0.3, 0.4) is 0 Å². The lowest BCUT2D eigenvalue weighted by molar-refractivity contribution is -0.140. The van der Waals surface area contributed by atoms with E-state index >= 15 is 0 Å². The van der Waals surface area contributed by atoms with Gasteiger partial charge in [0.15, 0.2) is 11.5 Å². The van der Waals surface area contributed by atoms with Gasteiger partial charge in [0.25, 0.3) is 11.7 Å². The van der Waals surface area contributed by atoms with Crippen LogP contribution in [-0.2, 0) is 16.1 Å². The van der Waals surface area contributed by atoms with E-state index in [9.17, 15) is 14.7 Å². The van der Waals surface area contributed by atoms with Crippen molar-refractivity contribution < 1.29 is 28.9 Å². The van der Waals surface area contributed by atoms with Gasteiger partial charge in [0.1, 0.15) is 11.5 Å². The Morgan fingerprint density at radius 1 is 0.971 bits per heavy atom. The number of likely N-dealkylation sites (tertiary alicyclic amines) is 1. The number of nitrogens with zero attached hydrogens (tertiary/aromatic N) is 2. The van der Waals surface area contributed by atoms with Crippen molar-refractivity contribution in [1.29, 1.82) is 0 Å². The lowest BCUT2D eigenvalue weighted by Crippen LogP contribution is -2.29. The fourth-order valence-electron chi connectivity index (χ4n) is 4.13. The minimum Gasteiger partial charge on any atom is -0.507 e. The summed E-state index contributed by atoms with van der Waals surface area (Å²) in [6.07, 6.45) is 3.25. The second-order valence-corrected chi connectivity index (χ2v) is 7.85. The van der Waals surface area contributed by atoms with Crippen LogP contribution in [0.1, 0.15) is 29.7 Å². The Hall–Kier alpha value is -4.33. The van der Waals surface area contributed by atoms with Crippen LogP contribution < -0.4 is 14.2 Å². The van der Waals surface area contributed by atoms with Crippen LogP contribution in [0.25, 0.3) is 5.76 Å². The summed E-state index contributed by atoms with van der Waals surface area (Å²) >= 11 is 0. The van der Waals surface area contributed by atoms with Crippen molar-refractivity contribution in [1.82, 2.24) is 9.88 Å². The van der Waals surface area contributed by atoms with Crippen molar-refractivity contribution >= 4 is 17.4 Å². The highest BCUT2D eigenvalue weighted by Crippen LogP contribution is 2.41. The number of ether oxygens (including phenoxy) is 3. The number of carbonyl (C=O) groups is 2. The van der Waals surface area contributed by atoms with E-state index in [-0.39, 0.29) is 17.9 Å². The van der Waals surface area contributed by atoms with Gasteiger partial charge in [-0.05, 0) is 60.5 Å². The minimum absolute atomic E-state index is 0.000404. The first-order valence-corrected chi connectivity index (χ1v) is 11.1. The van der Waals surface area contributed by atoms with Gasteiger partial charge in [-0.25, -0.2) is 0 Å². The number of ketones is 1. The number of methoxy groups -OCH3 is 2. The molecule has 1 amide bonds. The molecule has 0 radical (unpaired) electrons. The monoisotopic (exact) mass is 474 g/mol. The SMILES string of the molecule is CCOc1ccc(C2/C(=C(\O)c3ccc(OC)c(OC)c3)C(=O)C(=O)N2Cc2ccncc2)cc1. The Balaban J connectivity index is 1.84. The number of hydrogen-bond acceptors (Lipinski definition) is 7. The first kappa shape index (κ1) is 23.8. The molecule has 1 N–H and O–H groups in total. The predicted octanol–water partition coefficient (Wildman–Crippen LogP) is 4.12. The number of aliphatic hydroxyl groups is 1. The molecule has 1 atom stereocenters. The standard InChI is InChI=1S/C27H26N2O6/c1-4-35-20-8-5-18(6-9-20)24-23(25(30)19-7-10-21(33-2)22(15-19)34-3)26(31)27(32)29(24)16-17-11-13-28-14-12-17/h5-15,24,30H,4,16H2,1-3H3/b25-23+. The summed E-state index contributed by atoms with van der Waals surface area (Å²) in [5, 5.41) is 11.3. The quantitative estimate of drug-likeness (QED) is 0.298. The molecule has 1 aliphatic rings. The molecule has 2 aromatic carbocycles. The van der Waals surface area contributed by atoms with E-state index in [1.54, 1.807) is 67.0 Å². The molecule has 8 nitrogen and oxygen atoms in total. The number of amides is 1. The highest BCUT2D eigenvalue weighted by atomic mass is 16.5. The zero-order valence-electron chi connectivity index (χ0n) is 19.7. The van der Waals surface area contributed by atoms with Crippen molar-refractivity contribution in [3.8, 4) is 17.2 Å². The lowest BCUT2D eigenvalue weighted by atomic mass is 9.95. The largest absolute Gasteiger partial charge is 0.507 e. The Bertz CT molecular complexity index is 1250. The first-order chi connectivity index (χ1) is 17.0. The molecule has 1 aliphatic heterocycles. The first-order valence-electron chi connectivity index (χ1n) is 11.1. The molecule has 3 aromatic rings. The second-order valence-electron chi connectivity index (χ2n) is 7.85. The summed E-state index contributed by atoms with van der Waals surface area (Å²) in [5.41, 5.74) is 1.81. The van der Waals surface area contributed by atoms with Crippen LogP contribution in [0.5, 0.6) is 17.2 Å². The van der Waals surface area contributed by atoms with E-state index in [0.29, 0.717) is 35.0 Å². The van der Waals surface area contributed by atoms with Gasteiger partial charge < -0.3 is 24.2 Å². The van der Waals surface area contributed by atoms with Crippen LogP contribution in [0, 0.1) is 0 Å². The van der Waals surface area contributed by atoms with Crippen LogP contribution in [0.15, 0.2) is 72.6 Å². The van der Waals surface area contributed by atoms with E-state index in [0.717, 1.165) is 5.56 Å². The van der Waals surface area contributed by atoms with Crippen LogP contribution in [-0.4, -0.2) is 47.5 Å². The fourth-order valence-corrected chi connectivity index (χ4v) is 4.13. The molecule has 2 heterocycles.